The lowest BCUT2D eigenvalue weighted by atomic mass is 9.71. The van der Waals surface area contributed by atoms with Gasteiger partial charge in [-0.15, -0.1) is 0 Å². The Morgan fingerprint density at radius 1 is 1.39 bits per heavy atom. The highest BCUT2D eigenvalue weighted by Gasteiger charge is 2.50. The van der Waals surface area contributed by atoms with Crippen LogP contribution >= 0.6 is 0 Å². The van der Waals surface area contributed by atoms with E-state index in [1.165, 1.54) is 6.39 Å². The lowest BCUT2D eigenvalue weighted by molar-refractivity contribution is -0.121. The first kappa shape index (κ1) is 9.82. The van der Waals surface area contributed by atoms with Gasteiger partial charge in [-0.05, 0) is 12.5 Å². The first-order valence-corrected chi connectivity index (χ1v) is 5.98. The third kappa shape index (κ3) is 1.08. The molecule has 0 saturated carbocycles. The van der Waals surface area contributed by atoms with E-state index in [9.17, 15) is 4.79 Å². The average Bonchev–Trinajstić information content (AvgIpc) is 2.95. The Kier molecular flexibility index (Phi) is 1.74. The minimum atomic E-state index is -0.506. The highest BCUT2D eigenvalue weighted by atomic mass is 16.3. The fourth-order valence-corrected chi connectivity index (χ4v) is 3.01. The fourth-order valence-electron chi connectivity index (χ4n) is 3.01. The molecular weight excluding hydrogens is 230 g/mol. The molecular formula is C13H11N3O2. The molecule has 5 heteroatoms. The monoisotopic (exact) mass is 241 g/mol. The van der Waals surface area contributed by atoms with Crippen LogP contribution in [0.2, 0.25) is 0 Å². The molecule has 1 aliphatic carbocycles. The van der Waals surface area contributed by atoms with Crippen LogP contribution in [0.1, 0.15) is 23.4 Å². The molecule has 2 aromatic rings. The molecule has 18 heavy (non-hydrogen) atoms. The number of nitrogens with one attached hydrogen (secondary N) is 1. The molecule has 0 bridgehead atoms. The molecule has 1 spiro atoms. The van der Waals surface area contributed by atoms with Crippen LogP contribution in [0.3, 0.4) is 0 Å². The third-order valence-electron chi connectivity index (χ3n) is 3.96. The minimum absolute atomic E-state index is 0.0323. The summed E-state index contributed by atoms with van der Waals surface area (Å²) in [6.45, 7) is 0. The number of nitrogens with zero attached hydrogens (tertiary/aromatic N) is 2. The van der Waals surface area contributed by atoms with Crippen molar-refractivity contribution in [2.45, 2.75) is 24.7 Å². The van der Waals surface area contributed by atoms with Crippen molar-refractivity contribution in [1.82, 2.24) is 9.97 Å². The molecule has 0 fully saturated rings. The normalized spacial score (nSPS) is 24.8. The molecule has 1 unspecified atom stereocenters. The second-order valence-corrected chi connectivity index (χ2v) is 4.83. The number of aromatic nitrogens is 2. The van der Waals surface area contributed by atoms with E-state index in [1.54, 1.807) is 6.20 Å². The SMILES string of the molecule is O=C1Nc2ncccc2C12CCc1ocnc1C2. The maximum absolute atomic E-state index is 12.3. The highest BCUT2D eigenvalue weighted by Crippen LogP contribution is 2.45. The molecule has 5 nitrogen and oxygen atoms in total. The van der Waals surface area contributed by atoms with Crippen LogP contribution in [0.5, 0.6) is 0 Å². The summed E-state index contributed by atoms with van der Waals surface area (Å²) in [5.41, 5.74) is 1.38. The zero-order chi connectivity index (χ0) is 12.2. The first-order chi connectivity index (χ1) is 8.79. The summed E-state index contributed by atoms with van der Waals surface area (Å²) < 4.78 is 5.32. The summed E-state index contributed by atoms with van der Waals surface area (Å²) in [5.74, 6) is 1.63. The number of carbonyl (C=O) groups is 1. The van der Waals surface area contributed by atoms with Crippen molar-refractivity contribution in [2.75, 3.05) is 5.32 Å². The van der Waals surface area contributed by atoms with Crippen LogP contribution in [0, 0.1) is 0 Å². The van der Waals surface area contributed by atoms with Crippen molar-refractivity contribution in [2.24, 2.45) is 0 Å². The molecule has 1 N–H and O–H groups in total. The lowest BCUT2D eigenvalue weighted by Crippen LogP contribution is -2.39. The lowest BCUT2D eigenvalue weighted by Gasteiger charge is -2.29. The number of anilines is 1. The quantitative estimate of drug-likeness (QED) is 0.758. The zero-order valence-corrected chi connectivity index (χ0v) is 9.64. The zero-order valence-electron chi connectivity index (χ0n) is 9.64. The van der Waals surface area contributed by atoms with Gasteiger partial charge in [0.1, 0.15) is 11.6 Å². The Bertz CT molecular complexity index is 649. The van der Waals surface area contributed by atoms with Crippen molar-refractivity contribution >= 4 is 11.7 Å². The molecule has 2 aromatic heterocycles. The number of amides is 1. The highest BCUT2D eigenvalue weighted by molar-refractivity contribution is 6.05. The average molecular weight is 241 g/mol. The Labute approximate surface area is 103 Å². The summed E-state index contributed by atoms with van der Waals surface area (Å²) in [4.78, 5) is 20.8. The van der Waals surface area contributed by atoms with Gasteiger partial charge < -0.3 is 9.73 Å². The van der Waals surface area contributed by atoms with Crippen molar-refractivity contribution in [3.05, 3.63) is 41.7 Å². The maximum atomic E-state index is 12.3. The Balaban J connectivity index is 1.88. The van der Waals surface area contributed by atoms with Crippen LogP contribution in [0.25, 0.3) is 0 Å². The van der Waals surface area contributed by atoms with E-state index in [0.717, 1.165) is 29.9 Å². The molecule has 0 radical (unpaired) electrons. The number of pyridine rings is 1. The number of carbonyl (C=O) groups excluding carboxylic acids is 1. The molecule has 2 aliphatic rings. The molecule has 0 aromatic carbocycles. The number of rotatable bonds is 0. The number of fused-ring (bicyclic) bond motifs is 3. The molecule has 4 rings (SSSR count). The second kappa shape index (κ2) is 3.19. The predicted molar refractivity (Wildman–Crippen MR) is 63.1 cm³/mol. The van der Waals surface area contributed by atoms with E-state index in [4.69, 9.17) is 4.42 Å². The van der Waals surface area contributed by atoms with Crippen LogP contribution in [0.15, 0.2) is 29.1 Å². The molecule has 90 valence electrons. The Hall–Kier alpha value is -2.17. The van der Waals surface area contributed by atoms with Gasteiger partial charge >= 0.3 is 0 Å². The van der Waals surface area contributed by atoms with E-state index >= 15 is 0 Å². The standard InChI is InChI=1S/C13H11N3O2/c17-12-13(8-2-1-5-14-11(8)16-12)4-3-10-9(6-13)15-7-18-10/h1-2,5,7H,3-4,6H2,(H,14,16,17). The molecule has 1 aliphatic heterocycles. The number of oxazole rings is 1. The maximum Gasteiger partial charge on any atom is 0.236 e. The Morgan fingerprint density at radius 2 is 2.33 bits per heavy atom. The van der Waals surface area contributed by atoms with Gasteiger partial charge in [-0.2, -0.15) is 0 Å². The summed E-state index contributed by atoms with van der Waals surface area (Å²) in [5, 5.41) is 2.87. The van der Waals surface area contributed by atoms with E-state index in [-0.39, 0.29) is 5.91 Å². The smallest absolute Gasteiger partial charge is 0.236 e. The number of aryl methyl sites for hydroxylation is 1. The van der Waals surface area contributed by atoms with E-state index in [2.05, 4.69) is 15.3 Å². The second-order valence-electron chi connectivity index (χ2n) is 4.83. The van der Waals surface area contributed by atoms with Gasteiger partial charge in [-0.3, -0.25) is 4.79 Å². The van der Waals surface area contributed by atoms with Gasteiger partial charge in [0, 0.05) is 24.6 Å². The van der Waals surface area contributed by atoms with E-state index < -0.39 is 5.41 Å². The van der Waals surface area contributed by atoms with Gasteiger partial charge in [0.15, 0.2) is 6.39 Å². The Morgan fingerprint density at radius 3 is 3.28 bits per heavy atom. The van der Waals surface area contributed by atoms with Gasteiger partial charge in [0.2, 0.25) is 5.91 Å². The van der Waals surface area contributed by atoms with Crippen molar-refractivity contribution in [3.63, 3.8) is 0 Å². The van der Waals surface area contributed by atoms with Gasteiger partial charge in [0.25, 0.3) is 0 Å². The molecule has 3 heterocycles. The van der Waals surface area contributed by atoms with Crippen LogP contribution in [-0.2, 0) is 23.1 Å². The van der Waals surface area contributed by atoms with E-state index in [1.807, 2.05) is 12.1 Å². The first-order valence-electron chi connectivity index (χ1n) is 5.98. The van der Waals surface area contributed by atoms with Crippen LogP contribution in [-0.4, -0.2) is 15.9 Å². The van der Waals surface area contributed by atoms with Crippen molar-refractivity contribution in [3.8, 4) is 0 Å². The van der Waals surface area contributed by atoms with Crippen LogP contribution < -0.4 is 5.32 Å². The van der Waals surface area contributed by atoms with E-state index in [0.29, 0.717) is 12.2 Å². The summed E-state index contributed by atoms with van der Waals surface area (Å²) in [6, 6.07) is 3.85. The largest absolute Gasteiger partial charge is 0.448 e. The predicted octanol–water partition coefficient (Wildman–Crippen LogP) is 1.45. The topological polar surface area (TPSA) is 68.0 Å². The number of hydrogen-bond donors (Lipinski definition) is 1. The van der Waals surface area contributed by atoms with Gasteiger partial charge in [-0.25, -0.2) is 9.97 Å². The van der Waals surface area contributed by atoms with Gasteiger partial charge in [-0.1, -0.05) is 6.07 Å². The minimum Gasteiger partial charge on any atom is -0.448 e. The summed E-state index contributed by atoms with van der Waals surface area (Å²) in [6.07, 6.45) is 5.25. The third-order valence-corrected chi connectivity index (χ3v) is 3.96. The molecule has 0 saturated heterocycles. The number of hydrogen-bond acceptors (Lipinski definition) is 4. The fraction of sp³-hybridized carbons (Fsp3) is 0.308. The summed E-state index contributed by atoms with van der Waals surface area (Å²) in [7, 11) is 0. The summed E-state index contributed by atoms with van der Waals surface area (Å²) >= 11 is 0. The molecule has 1 amide bonds. The molecule has 1 atom stereocenters. The van der Waals surface area contributed by atoms with Crippen LogP contribution in [0.4, 0.5) is 5.82 Å². The van der Waals surface area contributed by atoms with Crippen molar-refractivity contribution in [1.29, 1.82) is 0 Å². The van der Waals surface area contributed by atoms with Gasteiger partial charge in [0.05, 0.1) is 11.1 Å². The van der Waals surface area contributed by atoms with Crippen molar-refractivity contribution < 1.29 is 9.21 Å².